The molecule has 0 aliphatic carbocycles. The van der Waals surface area contributed by atoms with Crippen molar-refractivity contribution >= 4 is 33.3 Å². The van der Waals surface area contributed by atoms with E-state index in [1.165, 1.54) is 0 Å². The number of amides is 1. The molecule has 284 valence electrons. The van der Waals surface area contributed by atoms with E-state index in [2.05, 4.69) is 5.32 Å². The van der Waals surface area contributed by atoms with E-state index in [4.69, 9.17) is 33.2 Å². The second-order valence-corrected chi connectivity index (χ2v) is 15.3. The summed E-state index contributed by atoms with van der Waals surface area (Å²) in [6, 6.07) is 21.1. The summed E-state index contributed by atoms with van der Waals surface area (Å²) >= 11 is 1.58. The van der Waals surface area contributed by atoms with Crippen molar-refractivity contribution in [2.75, 3.05) is 39.6 Å². The van der Waals surface area contributed by atoms with Gasteiger partial charge in [-0.1, -0.05) is 0 Å². The van der Waals surface area contributed by atoms with Crippen molar-refractivity contribution in [3.8, 4) is 27.7 Å². The van der Waals surface area contributed by atoms with Gasteiger partial charge in [0.2, 0.25) is 0 Å². The lowest BCUT2D eigenvalue weighted by molar-refractivity contribution is -0.106. The number of carbonyl (C=O) groups excluding carboxylic acids is 2. The Kier molecular flexibility index (Phi) is 13.6. The molecule has 0 radical (unpaired) electrons. The molecule has 11 heteroatoms. The summed E-state index contributed by atoms with van der Waals surface area (Å²) in [4.78, 5) is 26.9. The molecule has 2 aliphatic rings. The van der Waals surface area contributed by atoms with E-state index in [1.807, 2.05) is 87.5 Å². The largest absolute Gasteiger partial charge is 0.491 e. The van der Waals surface area contributed by atoms with Gasteiger partial charge < -0.3 is 38.5 Å². The summed E-state index contributed by atoms with van der Waals surface area (Å²) in [5, 5.41) is 3.63. The fourth-order valence-electron chi connectivity index (χ4n) is 6.18. The monoisotopic (exact) mass is 745 g/mol. The second-order valence-electron chi connectivity index (χ2n) is 14.3. The van der Waals surface area contributed by atoms with E-state index in [0.717, 1.165) is 90.0 Å². The third-order valence-electron chi connectivity index (χ3n) is 8.81. The van der Waals surface area contributed by atoms with Gasteiger partial charge in [-0.3, -0.25) is 4.79 Å². The average molecular weight is 746 g/mol. The number of ketones is 1. The van der Waals surface area contributed by atoms with Crippen LogP contribution in [-0.4, -0.2) is 69.6 Å². The molecule has 2 fully saturated rings. The van der Waals surface area contributed by atoms with Crippen molar-refractivity contribution in [1.29, 1.82) is 0 Å². The number of ether oxygens (including phenoxy) is 7. The van der Waals surface area contributed by atoms with Crippen LogP contribution in [0.15, 0.2) is 66.7 Å². The van der Waals surface area contributed by atoms with Gasteiger partial charge in [-0.2, -0.15) is 0 Å². The van der Waals surface area contributed by atoms with Crippen molar-refractivity contribution in [2.45, 2.75) is 90.3 Å². The summed E-state index contributed by atoms with van der Waals surface area (Å²) in [6.07, 6.45) is 6.73. The van der Waals surface area contributed by atoms with E-state index >= 15 is 0 Å². The van der Waals surface area contributed by atoms with Gasteiger partial charge in [-0.15, -0.1) is 11.3 Å². The normalized spacial score (nSPS) is 17.6. The number of alkyl carbamates (subject to hydrolysis) is 1. The summed E-state index contributed by atoms with van der Waals surface area (Å²) < 4.78 is 41.6. The number of carbonyl (C=O) groups is 2. The van der Waals surface area contributed by atoms with Gasteiger partial charge in [-0.25, -0.2) is 4.79 Å². The smallest absolute Gasteiger partial charge is 0.407 e. The molecule has 2 unspecified atom stereocenters. The fourth-order valence-corrected chi connectivity index (χ4v) is 7.41. The van der Waals surface area contributed by atoms with Crippen LogP contribution in [0.4, 0.5) is 4.79 Å². The lowest BCUT2D eigenvalue weighted by Gasteiger charge is -2.23. The van der Waals surface area contributed by atoms with Crippen LogP contribution in [0.3, 0.4) is 0 Å². The molecule has 0 saturated carbocycles. The Bertz CT molecular complexity index is 1770. The Morgan fingerprint density at radius 3 is 2.09 bits per heavy atom. The van der Waals surface area contributed by atoms with Gasteiger partial charge in [0.05, 0.1) is 19.8 Å². The van der Waals surface area contributed by atoms with E-state index in [9.17, 15) is 9.59 Å². The number of fused-ring (bicyclic) bond motifs is 1. The third-order valence-corrected chi connectivity index (χ3v) is 10.0. The third kappa shape index (κ3) is 11.4. The maximum atomic E-state index is 14.3. The molecule has 1 aromatic heterocycles. The summed E-state index contributed by atoms with van der Waals surface area (Å²) in [6.45, 7) is 8.85. The summed E-state index contributed by atoms with van der Waals surface area (Å²) in [5.41, 5.74) is 1.65. The van der Waals surface area contributed by atoms with Gasteiger partial charge >= 0.3 is 6.09 Å². The number of rotatable bonds is 16. The Hall–Kier alpha value is -4.16. The van der Waals surface area contributed by atoms with Crippen molar-refractivity contribution in [1.82, 2.24) is 5.32 Å². The Balaban J connectivity index is 1.08. The molecule has 53 heavy (non-hydrogen) atoms. The number of benzene rings is 3. The zero-order valence-electron chi connectivity index (χ0n) is 31.0. The molecule has 0 spiro atoms. The average Bonchev–Trinajstić information content (AvgIpc) is 3.53. The van der Waals surface area contributed by atoms with Crippen LogP contribution in [0, 0.1) is 0 Å². The zero-order valence-corrected chi connectivity index (χ0v) is 31.8. The van der Waals surface area contributed by atoms with Crippen molar-refractivity contribution in [3.63, 3.8) is 0 Å². The van der Waals surface area contributed by atoms with E-state index in [-0.39, 0.29) is 18.4 Å². The fraction of sp³-hybridized carbons (Fsp3) is 0.476. The molecule has 0 bridgehead atoms. The van der Waals surface area contributed by atoms with Gasteiger partial charge in [0.1, 0.15) is 29.5 Å². The molecular weight excluding hydrogens is 695 g/mol. The highest BCUT2D eigenvalue weighted by atomic mass is 32.1. The van der Waals surface area contributed by atoms with Crippen LogP contribution in [0.5, 0.6) is 17.2 Å². The van der Waals surface area contributed by atoms with E-state index in [0.29, 0.717) is 49.8 Å². The standard InChI is InChI=1S/C42H51NO9S/c1-42(2,3)52-41(45)43-22-6-9-23-46-26-27-47-31-16-12-29(13-17-31)39(44)38-34-21-20-33(51-37-11-5-8-25-49-37)28-35(34)53-40(38)30-14-18-32(19-15-30)50-36-10-4-7-24-48-36/h12-21,28,36-37H,4-11,22-27H2,1-3H3,(H,43,45). The van der Waals surface area contributed by atoms with Crippen molar-refractivity contribution < 1.29 is 42.7 Å². The van der Waals surface area contributed by atoms with Crippen LogP contribution in [0.1, 0.15) is 88.1 Å². The first-order valence-electron chi connectivity index (χ1n) is 18.8. The van der Waals surface area contributed by atoms with Crippen molar-refractivity contribution in [3.05, 3.63) is 77.9 Å². The lowest BCUT2D eigenvalue weighted by atomic mass is 9.97. The maximum Gasteiger partial charge on any atom is 0.407 e. The lowest BCUT2D eigenvalue weighted by Crippen LogP contribution is -2.33. The van der Waals surface area contributed by atoms with Crippen LogP contribution in [0.2, 0.25) is 0 Å². The number of hydrogen-bond donors (Lipinski definition) is 1. The van der Waals surface area contributed by atoms with Crippen LogP contribution < -0.4 is 19.5 Å². The molecule has 3 aromatic carbocycles. The molecule has 1 N–H and O–H groups in total. The summed E-state index contributed by atoms with van der Waals surface area (Å²) in [7, 11) is 0. The highest BCUT2D eigenvalue weighted by Gasteiger charge is 2.24. The number of unbranched alkanes of at least 4 members (excludes halogenated alkanes) is 1. The van der Waals surface area contributed by atoms with Crippen LogP contribution in [-0.2, 0) is 18.9 Å². The Morgan fingerprint density at radius 1 is 0.774 bits per heavy atom. The number of hydrogen-bond acceptors (Lipinski definition) is 10. The predicted molar refractivity (Wildman–Crippen MR) is 205 cm³/mol. The minimum Gasteiger partial charge on any atom is -0.491 e. The van der Waals surface area contributed by atoms with Crippen molar-refractivity contribution in [2.24, 2.45) is 0 Å². The minimum absolute atomic E-state index is 0.0671. The molecule has 3 heterocycles. The highest BCUT2D eigenvalue weighted by Crippen LogP contribution is 2.42. The minimum atomic E-state index is -0.509. The molecule has 4 aromatic rings. The van der Waals surface area contributed by atoms with Crippen LogP contribution in [0.25, 0.3) is 20.5 Å². The zero-order chi connectivity index (χ0) is 37.0. The number of thiophene rings is 1. The summed E-state index contributed by atoms with van der Waals surface area (Å²) in [5.74, 6) is 2.06. The van der Waals surface area contributed by atoms with Gasteiger partial charge in [0.15, 0.2) is 18.4 Å². The Morgan fingerprint density at radius 2 is 1.43 bits per heavy atom. The van der Waals surface area contributed by atoms with Crippen LogP contribution >= 0.6 is 11.3 Å². The molecule has 2 aliphatic heterocycles. The first-order chi connectivity index (χ1) is 25.7. The number of nitrogens with one attached hydrogen (secondary N) is 1. The van der Waals surface area contributed by atoms with E-state index in [1.54, 1.807) is 11.3 Å². The first-order valence-corrected chi connectivity index (χ1v) is 19.6. The predicted octanol–water partition coefficient (Wildman–Crippen LogP) is 9.31. The molecule has 10 nitrogen and oxygen atoms in total. The van der Waals surface area contributed by atoms with Gasteiger partial charge in [0.25, 0.3) is 0 Å². The van der Waals surface area contributed by atoms with Gasteiger partial charge in [0, 0.05) is 52.1 Å². The SMILES string of the molecule is CC(C)(C)OC(=O)NCCCCOCCOc1ccc(C(=O)c2c(-c3ccc(OC4CCCCO4)cc3)sc3cc(OC4CCCCO4)ccc23)cc1. The molecule has 6 rings (SSSR count). The molecule has 2 atom stereocenters. The molecular formula is C42H51NO9S. The highest BCUT2D eigenvalue weighted by molar-refractivity contribution is 7.22. The second kappa shape index (κ2) is 18.7. The molecule has 1 amide bonds. The van der Waals surface area contributed by atoms with E-state index < -0.39 is 11.7 Å². The molecule has 2 saturated heterocycles. The first kappa shape index (κ1) is 38.6. The maximum absolute atomic E-state index is 14.3. The van der Waals surface area contributed by atoms with Gasteiger partial charge in [-0.05, 0) is 132 Å². The quantitative estimate of drug-likeness (QED) is 0.0886. The Labute approximate surface area is 316 Å². The topological polar surface area (TPSA) is 111 Å².